The Balaban J connectivity index is 1.35. The van der Waals surface area contributed by atoms with Gasteiger partial charge in [-0.05, 0) is 56.7 Å². The highest BCUT2D eigenvalue weighted by Crippen LogP contribution is 2.51. The summed E-state index contributed by atoms with van der Waals surface area (Å²) in [7, 11) is 0. The van der Waals surface area contributed by atoms with Crippen molar-refractivity contribution in [1.82, 2.24) is 20.6 Å². The molecular formula is C28H27F2N5O6. The van der Waals surface area contributed by atoms with E-state index in [1.165, 1.54) is 25.3 Å². The predicted octanol–water partition coefficient (Wildman–Crippen LogP) is 2.54. The first-order chi connectivity index (χ1) is 19.2. The molecule has 2 amide bonds. The third-order valence-corrected chi connectivity index (χ3v) is 7.86. The molecule has 0 fully saturated rings. The number of hydrogen-bond acceptors (Lipinski definition) is 8. The van der Waals surface area contributed by atoms with Crippen LogP contribution in [0.2, 0.25) is 0 Å². The number of primary amides is 1. The molecule has 214 valence electrons. The van der Waals surface area contributed by atoms with Crippen LogP contribution < -0.4 is 25.8 Å². The van der Waals surface area contributed by atoms with E-state index >= 15 is 0 Å². The zero-order valence-corrected chi connectivity index (χ0v) is 22.3. The number of nitrogens with zero attached hydrogens (tertiary/aromatic N) is 1. The predicted molar refractivity (Wildman–Crippen MR) is 141 cm³/mol. The highest BCUT2D eigenvalue weighted by Gasteiger charge is 2.53. The lowest BCUT2D eigenvalue weighted by Crippen LogP contribution is -2.53. The number of alkyl halides is 2. The Labute approximate surface area is 232 Å². The third-order valence-electron chi connectivity index (χ3n) is 7.86. The van der Waals surface area contributed by atoms with Gasteiger partial charge >= 0.3 is 6.29 Å². The minimum absolute atomic E-state index is 0.0657. The summed E-state index contributed by atoms with van der Waals surface area (Å²) in [6.45, 7) is 4.54. The molecule has 13 heteroatoms. The highest BCUT2D eigenvalue weighted by atomic mass is 19.3. The first-order valence-electron chi connectivity index (χ1n) is 12.7. The molecule has 6 N–H and O–H groups in total. The Hall–Kier alpha value is -4.65. The molecule has 3 aliphatic rings. The van der Waals surface area contributed by atoms with E-state index < -0.39 is 34.7 Å². The van der Waals surface area contributed by atoms with E-state index in [0.29, 0.717) is 33.5 Å². The summed E-state index contributed by atoms with van der Waals surface area (Å²) in [6.07, 6.45) is 0.954. The summed E-state index contributed by atoms with van der Waals surface area (Å²) in [5.41, 5.74) is 4.16. The fourth-order valence-corrected chi connectivity index (χ4v) is 5.32. The largest absolute Gasteiger partial charge is 0.586 e. The molecule has 0 saturated carbocycles. The van der Waals surface area contributed by atoms with E-state index in [9.17, 15) is 23.5 Å². The maximum absolute atomic E-state index is 13.7. The highest BCUT2D eigenvalue weighted by molar-refractivity contribution is 6.04. The summed E-state index contributed by atoms with van der Waals surface area (Å²) in [5.74, 6) is -1.08. The van der Waals surface area contributed by atoms with Crippen LogP contribution in [0, 0.1) is 5.41 Å². The first kappa shape index (κ1) is 26.6. The van der Waals surface area contributed by atoms with Crippen molar-refractivity contribution < 1.29 is 37.7 Å². The van der Waals surface area contributed by atoms with Crippen molar-refractivity contribution in [3.63, 3.8) is 0 Å². The molecule has 5 heterocycles. The Morgan fingerprint density at radius 3 is 2.71 bits per heavy atom. The quantitative estimate of drug-likeness (QED) is 0.304. The van der Waals surface area contributed by atoms with Gasteiger partial charge in [0.05, 0.1) is 23.1 Å². The minimum Gasteiger partial charge on any atom is -0.493 e. The van der Waals surface area contributed by atoms with Gasteiger partial charge in [-0.15, -0.1) is 8.78 Å². The summed E-state index contributed by atoms with van der Waals surface area (Å²) in [6, 6.07) is 7.57. The molecule has 3 aromatic rings. The number of H-pyrrole nitrogens is 1. The van der Waals surface area contributed by atoms with Gasteiger partial charge in [-0.3, -0.25) is 14.6 Å². The molecule has 11 nitrogen and oxygen atoms in total. The van der Waals surface area contributed by atoms with E-state index in [1.807, 2.05) is 0 Å². The van der Waals surface area contributed by atoms with Crippen LogP contribution >= 0.6 is 0 Å². The van der Waals surface area contributed by atoms with Gasteiger partial charge in [-0.1, -0.05) is 6.07 Å². The zero-order chi connectivity index (χ0) is 29.4. The number of nitrogens with one attached hydrogen (secondary N) is 3. The van der Waals surface area contributed by atoms with Crippen molar-refractivity contribution in [3.05, 3.63) is 77.0 Å². The molecule has 0 bridgehead atoms. The van der Waals surface area contributed by atoms with Gasteiger partial charge < -0.3 is 40.7 Å². The number of nitrogens with two attached hydrogens (primary N) is 1. The van der Waals surface area contributed by atoms with Crippen molar-refractivity contribution in [1.29, 1.82) is 0 Å². The third kappa shape index (κ3) is 4.15. The Morgan fingerprint density at radius 1 is 1.20 bits per heavy atom. The number of hydrogen-bond donors (Lipinski definition) is 5. The van der Waals surface area contributed by atoms with Crippen molar-refractivity contribution in [2.45, 2.75) is 38.2 Å². The lowest BCUT2D eigenvalue weighted by Gasteiger charge is -2.41. The number of carbonyl (C=O) groups excluding carboxylic acids is 2. The maximum Gasteiger partial charge on any atom is 0.586 e. The summed E-state index contributed by atoms with van der Waals surface area (Å²) < 4.78 is 42.7. The minimum atomic E-state index is -3.81. The molecule has 6 rings (SSSR count). The molecule has 0 spiro atoms. The average Bonchev–Trinajstić information content (AvgIpc) is 3.61. The summed E-state index contributed by atoms with van der Waals surface area (Å²) in [4.78, 5) is 32.9. The normalized spacial score (nSPS) is 25.6. The number of aromatic nitrogens is 2. The molecule has 0 aliphatic carbocycles. The lowest BCUT2D eigenvalue weighted by atomic mass is 9.75. The number of fused-ring (bicyclic) bond motifs is 2. The van der Waals surface area contributed by atoms with Crippen molar-refractivity contribution >= 4 is 22.8 Å². The fourth-order valence-electron chi connectivity index (χ4n) is 5.32. The zero-order valence-electron chi connectivity index (χ0n) is 22.3. The molecule has 41 heavy (non-hydrogen) atoms. The van der Waals surface area contributed by atoms with Crippen molar-refractivity contribution in [2.24, 2.45) is 11.1 Å². The molecule has 1 aromatic carbocycles. The number of dihydropyridines is 1. The number of allylic oxidation sites excluding steroid dienone is 1. The van der Waals surface area contributed by atoms with E-state index in [1.54, 1.807) is 44.3 Å². The van der Waals surface area contributed by atoms with Crippen molar-refractivity contribution in [3.8, 4) is 11.5 Å². The van der Waals surface area contributed by atoms with Crippen LogP contribution in [0.3, 0.4) is 0 Å². The van der Waals surface area contributed by atoms with Crippen LogP contribution in [0.25, 0.3) is 11.0 Å². The summed E-state index contributed by atoms with van der Waals surface area (Å²) >= 11 is 0. The number of benzene rings is 1. The lowest BCUT2D eigenvalue weighted by molar-refractivity contribution is -0.286. The molecule has 0 saturated heterocycles. The monoisotopic (exact) mass is 567 g/mol. The first-order valence-corrected chi connectivity index (χ1v) is 12.7. The molecule has 3 atom stereocenters. The Kier molecular flexibility index (Phi) is 5.62. The van der Waals surface area contributed by atoms with Gasteiger partial charge in [-0.25, -0.2) is 0 Å². The van der Waals surface area contributed by atoms with Gasteiger partial charge in [-0.2, -0.15) is 0 Å². The molecule has 0 radical (unpaired) electrons. The number of halogens is 2. The molecule has 3 aliphatic heterocycles. The Morgan fingerprint density at radius 2 is 1.95 bits per heavy atom. The van der Waals surface area contributed by atoms with Gasteiger partial charge in [0, 0.05) is 23.7 Å². The van der Waals surface area contributed by atoms with E-state index in [-0.39, 0.29) is 30.3 Å². The van der Waals surface area contributed by atoms with Crippen LogP contribution in [0.4, 0.5) is 8.78 Å². The van der Waals surface area contributed by atoms with Crippen molar-refractivity contribution in [2.75, 3.05) is 13.2 Å². The van der Waals surface area contributed by atoms with Gasteiger partial charge in [0.25, 0.3) is 5.91 Å². The molecule has 2 aromatic heterocycles. The number of rotatable bonds is 6. The van der Waals surface area contributed by atoms with E-state index in [4.69, 9.17) is 10.5 Å². The van der Waals surface area contributed by atoms with Crippen LogP contribution in [0.1, 0.15) is 36.7 Å². The second kappa shape index (κ2) is 8.67. The number of aliphatic hydroxyl groups is 1. The number of ether oxygens (including phenoxy) is 3. The SMILES string of the molecule is CC(O)(CNC(=O)c1ccnc2cc[nH]c12)C1=CC2=C(OC[C@]2(C)C(N)=O)C(C)(c2ccc3c(c2)OC(F)(F)O3)N1. The van der Waals surface area contributed by atoms with Gasteiger partial charge in [0.15, 0.2) is 11.5 Å². The smallest absolute Gasteiger partial charge is 0.493 e. The standard InChI is InChI=1S/C28H27F2N5O6/c1-25(24(31)37)13-39-22-16(25)11-20(35-27(22,3)14-4-5-18-19(10-14)41-28(29,30)40-18)26(2,38)12-34-23(36)15-6-8-32-17-7-9-33-21(15)17/h4-11,33,35,38H,12-13H2,1-3H3,(H2,31,37)(H,34,36)/t25-,26?,27?/m0/s1. The van der Waals surface area contributed by atoms with Crippen LogP contribution in [-0.4, -0.2) is 51.9 Å². The van der Waals surface area contributed by atoms with E-state index in [0.717, 1.165) is 0 Å². The number of carbonyl (C=O) groups is 2. The topological polar surface area (TPSA) is 161 Å². The number of pyridine rings is 1. The number of amides is 2. The number of aromatic amines is 1. The molecule has 2 unspecified atom stereocenters. The average molecular weight is 568 g/mol. The second-order valence-electron chi connectivity index (χ2n) is 10.9. The second-order valence-corrected chi connectivity index (χ2v) is 10.9. The fraction of sp³-hybridized carbons (Fsp3) is 0.321. The van der Waals surface area contributed by atoms with Gasteiger partial charge in [0.2, 0.25) is 5.91 Å². The Bertz CT molecular complexity index is 1680. The van der Waals surface area contributed by atoms with Crippen LogP contribution in [-0.2, 0) is 15.1 Å². The maximum atomic E-state index is 13.7. The van der Waals surface area contributed by atoms with Crippen LogP contribution in [0.5, 0.6) is 11.5 Å². The molecular weight excluding hydrogens is 540 g/mol. The summed E-state index contributed by atoms with van der Waals surface area (Å²) in [5, 5.41) is 17.7. The van der Waals surface area contributed by atoms with Crippen LogP contribution in [0.15, 0.2) is 65.8 Å². The van der Waals surface area contributed by atoms with Gasteiger partial charge in [0.1, 0.15) is 28.9 Å². The van der Waals surface area contributed by atoms with E-state index in [2.05, 4.69) is 30.1 Å².